The van der Waals surface area contributed by atoms with Crippen molar-refractivity contribution in [2.24, 2.45) is 0 Å². The fourth-order valence-electron chi connectivity index (χ4n) is 1.40. The smallest absolute Gasteiger partial charge is 0.136 e. The molecule has 2 aromatic carbocycles. The van der Waals surface area contributed by atoms with E-state index in [-0.39, 0.29) is 6.61 Å². The standard InChI is InChI=1S/C13H8BrClF2O/c14-11-3-2-10(16)6-13(11)18-7-8-5-9(15)1-4-12(8)17/h1-6H,7H2. The number of hydrogen-bond acceptors (Lipinski definition) is 1. The van der Waals surface area contributed by atoms with Crippen LogP contribution in [0.1, 0.15) is 5.56 Å². The summed E-state index contributed by atoms with van der Waals surface area (Å²) >= 11 is 8.99. The summed E-state index contributed by atoms with van der Waals surface area (Å²) in [5.41, 5.74) is 0.318. The van der Waals surface area contributed by atoms with Crippen molar-refractivity contribution in [3.8, 4) is 5.75 Å². The number of halogens is 4. The van der Waals surface area contributed by atoms with Gasteiger partial charge in [0, 0.05) is 16.7 Å². The maximum atomic E-state index is 13.4. The van der Waals surface area contributed by atoms with Gasteiger partial charge in [-0.05, 0) is 46.3 Å². The van der Waals surface area contributed by atoms with Gasteiger partial charge >= 0.3 is 0 Å². The molecule has 0 aromatic heterocycles. The van der Waals surface area contributed by atoms with Crippen LogP contribution in [0.15, 0.2) is 40.9 Å². The summed E-state index contributed by atoms with van der Waals surface area (Å²) in [5.74, 6) is -0.513. The lowest BCUT2D eigenvalue weighted by Gasteiger charge is -2.09. The van der Waals surface area contributed by atoms with E-state index in [1.54, 1.807) is 0 Å². The average molecular weight is 334 g/mol. The van der Waals surface area contributed by atoms with Crippen molar-refractivity contribution in [1.29, 1.82) is 0 Å². The minimum Gasteiger partial charge on any atom is -0.488 e. The second kappa shape index (κ2) is 5.67. The van der Waals surface area contributed by atoms with Crippen molar-refractivity contribution in [2.75, 3.05) is 0 Å². The predicted octanol–water partition coefficient (Wildman–Crippen LogP) is 4.96. The van der Waals surface area contributed by atoms with Crippen molar-refractivity contribution in [3.05, 3.63) is 63.1 Å². The largest absolute Gasteiger partial charge is 0.488 e. The van der Waals surface area contributed by atoms with Crippen molar-refractivity contribution in [2.45, 2.75) is 6.61 Å². The van der Waals surface area contributed by atoms with Crippen LogP contribution >= 0.6 is 27.5 Å². The summed E-state index contributed by atoms with van der Waals surface area (Å²) in [6, 6.07) is 8.26. The van der Waals surface area contributed by atoms with Gasteiger partial charge in [0.05, 0.1) is 4.47 Å². The Bertz CT molecular complexity index is 523. The molecule has 0 amide bonds. The highest BCUT2D eigenvalue weighted by Gasteiger charge is 2.07. The molecule has 94 valence electrons. The fraction of sp³-hybridized carbons (Fsp3) is 0.0769. The Balaban J connectivity index is 2.16. The van der Waals surface area contributed by atoms with E-state index in [1.807, 2.05) is 0 Å². The number of rotatable bonds is 3. The molecule has 0 N–H and O–H groups in total. The molecule has 5 heteroatoms. The van der Waals surface area contributed by atoms with Gasteiger partial charge in [-0.1, -0.05) is 11.6 Å². The third kappa shape index (κ3) is 3.21. The summed E-state index contributed by atoms with van der Waals surface area (Å²) < 4.78 is 32.4. The topological polar surface area (TPSA) is 9.23 Å². The van der Waals surface area contributed by atoms with Crippen LogP contribution in [0.2, 0.25) is 5.02 Å². The van der Waals surface area contributed by atoms with Crippen molar-refractivity contribution >= 4 is 27.5 Å². The highest BCUT2D eigenvalue weighted by Crippen LogP contribution is 2.27. The molecule has 0 aliphatic rings. The number of hydrogen-bond donors (Lipinski definition) is 0. The van der Waals surface area contributed by atoms with Gasteiger partial charge in [0.25, 0.3) is 0 Å². The molecule has 0 atom stereocenters. The van der Waals surface area contributed by atoms with Crippen LogP contribution in [0.4, 0.5) is 8.78 Å². The van der Waals surface area contributed by atoms with Gasteiger partial charge in [-0.3, -0.25) is 0 Å². The van der Waals surface area contributed by atoms with Gasteiger partial charge in [-0.15, -0.1) is 0 Å². The van der Waals surface area contributed by atoms with Gasteiger partial charge in [-0.2, -0.15) is 0 Å². The zero-order valence-electron chi connectivity index (χ0n) is 9.09. The lowest BCUT2D eigenvalue weighted by atomic mass is 10.2. The molecule has 0 bridgehead atoms. The highest BCUT2D eigenvalue weighted by atomic mass is 79.9. The molecule has 0 saturated heterocycles. The van der Waals surface area contributed by atoms with Gasteiger partial charge in [0.2, 0.25) is 0 Å². The minimum atomic E-state index is -0.417. The van der Waals surface area contributed by atoms with Crippen molar-refractivity contribution in [3.63, 3.8) is 0 Å². The van der Waals surface area contributed by atoms with Gasteiger partial charge < -0.3 is 4.74 Å². The Hall–Kier alpha value is -1.13. The molecule has 0 saturated carbocycles. The molecule has 0 heterocycles. The molecule has 18 heavy (non-hydrogen) atoms. The van der Waals surface area contributed by atoms with Crippen LogP contribution in [0.5, 0.6) is 5.75 Å². The summed E-state index contributed by atoms with van der Waals surface area (Å²) in [5, 5.41) is 0.424. The molecule has 2 rings (SSSR count). The first-order valence-electron chi connectivity index (χ1n) is 5.08. The third-order valence-corrected chi connectivity index (χ3v) is 3.17. The maximum absolute atomic E-state index is 13.4. The van der Waals surface area contributed by atoms with Crippen LogP contribution in [0.25, 0.3) is 0 Å². The second-order valence-electron chi connectivity index (χ2n) is 3.60. The van der Waals surface area contributed by atoms with Gasteiger partial charge in [0.1, 0.15) is 24.0 Å². The van der Waals surface area contributed by atoms with E-state index in [9.17, 15) is 8.78 Å². The molecule has 0 radical (unpaired) electrons. The van der Waals surface area contributed by atoms with E-state index in [0.29, 0.717) is 20.8 Å². The first-order chi connectivity index (χ1) is 8.56. The fourth-order valence-corrected chi connectivity index (χ4v) is 1.95. The van der Waals surface area contributed by atoms with Crippen LogP contribution in [-0.2, 0) is 6.61 Å². The lowest BCUT2D eigenvalue weighted by Crippen LogP contribution is -1.99. The number of benzene rings is 2. The quantitative estimate of drug-likeness (QED) is 0.771. The van der Waals surface area contributed by atoms with E-state index in [4.69, 9.17) is 16.3 Å². The third-order valence-electron chi connectivity index (χ3n) is 2.28. The summed E-state index contributed by atoms with van der Waals surface area (Å²) in [6.07, 6.45) is 0. The zero-order chi connectivity index (χ0) is 13.1. The molecular formula is C13H8BrClF2O. The molecule has 0 aliphatic heterocycles. The molecule has 0 fully saturated rings. The Morgan fingerprint density at radius 1 is 1.11 bits per heavy atom. The second-order valence-corrected chi connectivity index (χ2v) is 4.89. The average Bonchev–Trinajstić information content (AvgIpc) is 2.34. The van der Waals surface area contributed by atoms with Crippen LogP contribution in [0.3, 0.4) is 0 Å². The first kappa shape index (κ1) is 13.3. The highest BCUT2D eigenvalue weighted by molar-refractivity contribution is 9.10. The van der Waals surface area contributed by atoms with E-state index in [1.165, 1.54) is 36.4 Å². The van der Waals surface area contributed by atoms with Crippen molar-refractivity contribution in [1.82, 2.24) is 0 Å². The summed E-state index contributed by atoms with van der Waals surface area (Å²) in [4.78, 5) is 0. The SMILES string of the molecule is Fc1ccc(Br)c(OCc2cc(Cl)ccc2F)c1. The van der Waals surface area contributed by atoms with E-state index in [2.05, 4.69) is 15.9 Å². The van der Waals surface area contributed by atoms with Crippen LogP contribution in [-0.4, -0.2) is 0 Å². The van der Waals surface area contributed by atoms with Gasteiger partial charge in [-0.25, -0.2) is 8.78 Å². The molecular weight excluding hydrogens is 325 g/mol. The molecule has 0 spiro atoms. The van der Waals surface area contributed by atoms with Crippen molar-refractivity contribution < 1.29 is 13.5 Å². The molecule has 0 unspecified atom stereocenters. The molecule has 1 nitrogen and oxygen atoms in total. The van der Waals surface area contributed by atoms with Crippen LogP contribution in [0, 0.1) is 11.6 Å². The predicted molar refractivity (Wildman–Crippen MR) is 69.8 cm³/mol. The van der Waals surface area contributed by atoms with E-state index < -0.39 is 11.6 Å². The summed E-state index contributed by atoms with van der Waals surface area (Å²) in [7, 11) is 0. The lowest BCUT2D eigenvalue weighted by molar-refractivity contribution is 0.296. The Labute approximate surface area is 116 Å². The number of ether oxygens (including phenoxy) is 1. The van der Waals surface area contributed by atoms with Gasteiger partial charge in [0.15, 0.2) is 0 Å². The Morgan fingerprint density at radius 3 is 2.67 bits per heavy atom. The normalized spacial score (nSPS) is 10.4. The van der Waals surface area contributed by atoms with E-state index >= 15 is 0 Å². The molecule has 0 aliphatic carbocycles. The Kier molecular flexibility index (Phi) is 4.19. The zero-order valence-corrected chi connectivity index (χ0v) is 11.4. The van der Waals surface area contributed by atoms with Crippen LogP contribution < -0.4 is 4.74 Å². The molecule has 2 aromatic rings. The first-order valence-corrected chi connectivity index (χ1v) is 6.25. The maximum Gasteiger partial charge on any atom is 0.136 e. The Morgan fingerprint density at radius 2 is 1.89 bits per heavy atom. The monoisotopic (exact) mass is 332 g/mol. The summed E-state index contributed by atoms with van der Waals surface area (Å²) in [6.45, 7) is -0.0194. The van der Waals surface area contributed by atoms with E-state index in [0.717, 1.165) is 0 Å². The minimum absolute atomic E-state index is 0.0194.